The van der Waals surface area contributed by atoms with E-state index in [2.05, 4.69) is 22.2 Å². The number of benzene rings is 1. The summed E-state index contributed by atoms with van der Waals surface area (Å²) < 4.78 is 5.90. The summed E-state index contributed by atoms with van der Waals surface area (Å²) >= 11 is 1.64. The highest BCUT2D eigenvalue weighted by atomic mass is 32.1. The summed E-state index contributed by atoms with van der Waals surface area (Å²) in [5.74, 6) is 0.878. The zero-order valence-electron chi connectivity index (χ0n) is 14.8. The third kappa shape index (κ3) is 3.58. The normalized spacial score (nSPS) is 17.6. The lowest BCUT2D eigenvalue weighted by atomic mass is 9.98. The molecule has 0 radical (unpaired) electrons. The molecular formula is C19H22N4O2S. The number of aryl methyl sites for hydroxylation is 1. The van der Waals surface area contributed by atoms with E-state index in [-0.39, 0.29) is 11.9 Å². The van der Waals surface area contributed by atoms with Crippen molar-refractivity contribution in [3.8, 4) is 0 Å². The van der Waals surface area contributed by atoms with Crippen molar-refractivity contribution in [2.24, 2.45) is 0 Å². The summed E-state index contributed by atoms with van der Waals surface area (Å²) in [7, 11) is 0. The van der Waals surface area contributed by atoms with Crippen molar-refractivity contribution in [1.29, 1.82) is 0 Å². The number of hydrogen-bond acceptors (Lipinski definition) is 5. The minimum Gasteiger partial charge on any atom is -0.440 e. The van der Waals surface area contributed by atoms with Crippen LogP contribution in [0.1, 0.15) is 42.3 Å². The fourth-order valence-electron chi connectivity index (χ4n) is 3.30. The Kier molecular flexibility index (Phi) is 4.88. The number of likely N-dealkylation sites (tertiary alicyclic amines) is 1. The van der Waals surface area contributed by atoms with E-state index in [1.54, 1.807) is 11.3 Å². The maximum atomic E-state index is 12.5. The van der Waals surface area contributed by atoms with Crippen molar-refractivity contribution in [3.05, 3.63) is 46.2 Å². The lowest BCUT2D eigenvalue weighted by Crippen LogP contribution is -2.44. The predicted octanol–water partition coefficient (Wildman–Crippen LogP) is 3.94. The molecule has 3 aromatic rings. The van der Waals surface area contributed by atoms with Crippen LogP contribution in [0.2, 0.25) is 0 Å². The maximum absolute atomic E-state index is 12.5. The lowest BCUT2D eigenvalue weighted by molar-refractivity contribution is 0.174. The summed E-state index contributed by atoms with van der Waals surface area (Å²) in [4.78, 5) is 23.5. The van der Waals surface area contributed by atoms with Crippen molar-refractivity contribution in [3.63, 3.8) is 0 Å². The summed E-state index contributed by atoms with van der Waals surface area (Å²) in [5.41, 5.74) is 2.60. The molecular weight excluding hydrogens is 348 g/mol. The summed E-state index contributed by atoms with van der Waals surface area (Å²) in [6.07, 6.45) is 2.87. The lowest BCUT2D eigenvalue weighted by Gasteiger charge is -2.31. The molecule has 136 valence electrons. The minimum absolute atomic E-state index is 0.0446. The second-order valence-electron chi connectivity index (χ2n) is 6.55. The monoisotopic (exact) mass is 370 g/mol. The highest BCUT2D eigenvalue weighted by molar-refractivity contribution is 7.09. The van der Waals surface area contributed by atoms with Crippen molar-refractivity contribution in [2.75, 3.05) is 13.1 Å². The molecule has 1 saturated heterocycles. The number of nitrogens with one attached hydrogen (secondary N) is 1. The molecule has 1 fully saturated rings. The number of fused-ring (bicyclic) bond motifs is 1. The Morgan fingerprint density at radius 2 is 2.27 bits per heavy atom. The number of urea groups is 1. The van der Waals surface area contributed by atoms with E-state index >= 15 is 0 Å². The van der Waals surface area contributed by atoms with E-state index in [9.17, 15) is 4.79 Å². The summed E-state index contributed by atoms with van der Waals surface area (Å²) in [6.45, 7) is 3.95. The van der Waals surface area contributed by atoms with E-state index in [1.165, 1.54) is 0 Å². The fourth-order valence-corrected chi connectivity index (χ4v) is 4.04. The first-order valence-electron chi connectivity index (χ1n) is 9.04. The van der Waals surface area contributed by atoms with Gasteiger partial charge in [0.1, 0.15) is 5.52 Å². The fraction of sp³-hybridized carbons (Fsp3) is 0.421. The van der Waals surface area contributed by atoms with Crippen molar-refractivity contribution < 1.29 is 9.21 Å². The number of thiazole rings is 1. The number of amides is 2. The summed E-state index contributed by atoms with van der Waals surface area (Å²) in [6, 6.07) is 7.74. The van der Waals surface area contributed by atoms with Gasteiger partial charge in [-0.3, -0.25) is 0 Å². The van der Waals surface area contributed by atoms with Gasteiger partial charge in [-0.2, -0.15) is 0 Å². The number of oxazole rings is 1. The Morgan fingerprint density at radius 1 is 1.38 bits per heavy atom. The second kappa shape index (κ2) is 7.45. The molecule has 0 saturated carbocycles. The van der Waals surface area contributed by atoms with Gasteiger partial charge in [-0.05, 0) is 31.4 Å². The predicted molar refractivity (Wildman–Crippen MR) is 101 cm³/mol. The van der Waals surface area contributed by atoms with Gasteiger partial charge >= 0.3 is 6.03 Å². The molecule has 1 aliphatic rings. The molecule has 1 N–H and O–H groups in total. The smallest absolute Gasteiger partial charge is 0.317 e. The minimum atomic E-state index is -0.0446. The van der Waals surface area contributed by atoms with Gasteiger partial charge in [-0.15, -0.1) is 11.3 Å². The van der Waals surface area contributed by atoms with E-state index in [0.717, 1.165) is 53.5 Å². The van der Waals surface area contributed by atoms with Gasteiger partial charge in [0.15, 0.2) is 11.5 Å². The van der Waals surface area contributed by atoms with Gasteiger partial charge < -0.3 is 14.6 Å². The number of rotatable bonds is 4. The third-order valence-electron chi connectivity index (χ3n) is 4.69. The average molecular weight is 370 g/mol. The largest absolute Gasteiger partial charge is 0.440 e. The second-order valence-corrected chi connectivity index (χ2v) is 7.49. The van der Waals surface area contributed by atoms with E-state index < -0.39 is 0 Å². The van der Waals surface area contributed by atoms with Crippen LogP contribution in [0.15, 0.2) is 34.1 Å². The van der Waals surface area contributed by atoms with Gasteiger partial charge in [0.25, 0.3) is 0 Å². The SMILES string of the molecule is CCc1nc(CNC(=O)N2CCC[C@@H](c3nc4ccccc4o3)C2)cs1. The maximum Gasteiger partial charge on any atom is 0.317 e. The molecule has 0 unspecified atom stereocenters. The Balaban J connectivity index is 1.38. The van der Waals surface area contributed by atoms with Crippen LogP contribution in [0, 0.1) is 0 Å². The molecule has 6 nitrogen and oxygen atoms in total. The number of carbonyl (C=O) groups is 1. The Morgan fingerprint density at radius 3 is 3.08 bits per heavy atom. The van der Waals surface area contributed by atoms with Crippen LogP contribution in [0.4, 0.5) is 4.79 Å². The molecule has 0 aliphatic carbocycles. The van der Waals surface area contributed by atoms with Crippen LogP contribution < -0.4 is 5.32 Å². The molecule has 1 atom stereocenters. The van der Waals surface area contributed by atoms with Gasteiger partial charge in [-0.25, -0.2) is 14.8 Å². The Hall–Kier alpha value is -2.41. The molecule has 7 heteroatoms. The van der Waals surface area contributed by atoms with Crippen LogP contribution in [0.5, 0.6) is 0 Å². The van der Waals surface area contributed by atoms with Crippen LogP contribution in [-0.4, -0.2) is 34.0 Å². The number of nitrogens with zero attached hydrogens (tertiary/aromatic N) is 3. The standard InChI is InChI=1S/C19H22N4O2S/c1-2-17-21-14(12-26-17)10-20-19(24)23-9-5-6-13(11-23)18-22-15-7-3-4-8-16(15)25-18/h3-4,7-8,12-13H,2,5-6,9-11H2,1H3,(H,20,24)/t13-/m1/s1. The zero-order valence-corrected chi connectivity index (χ0v) is 15.6. The molecule has 1 aromatic carbocycles. The van der Waals surface area contributed by atoms with Crippen LogP contribution in [0.3, 0.4) is 0 Å². The molecule has 3 heterocycles. The Bertz CT molecular complexity index is 871. The third-order valence-corrected chi connectivity index (χ3v) is 5.73. The van der Waals surface area contributed by atoms with Crippen LogP contribution >= 0.6 is 11.3 Å². The molecule has 4 rings (SSSR count). The van der Waals surface area contributed by atoms with Crippen molar-refractivity contribution in [2.45, 2.75) is 38.6 Å². The van der Waals surface area contributed by atoms with Crippen molar-refractivity contribution in [1.82, 2.24) is 20.2 Å². The first-order chi connectivity index (χ1) is 12.7. The highest BCUT2D eigenvalue weighted by Crippen LogP contribution is 2.29. The van der Waals surface area contributed by atoms with Crippen LogP contribution in [0.25, 0.3) is 11.1 Å². The molecule has 26 heavy (non-hydrogen) atoms. The number of aromatic nitrogens is 2. The van der Waals surface area contributed by atoms with Gasteiger partial charge in [-0.1, -0.05) is 19.1 Å². The summed E-state index contributed by atoms with van der Waals surface area (Å²) in [5, 5.41) is 6.10. The zero-order chi connectivity index (χ0) is 17.9. The van der Waals surface area contributed by atoms with Crippen LogP contribution in [-0.2, 0) is 13.0 Å². The molecule has 2 amide bonds. The first-order valence-corrected chi connectivity index (χ1v) is 9.92. The number of carbonyl (C=O) groups excluding carboxylic acids is 1. The molecule has 2 aromatic heterocycles. The number of para-hydroxylation sites is 2. The van der Waals surface area contributed by atoms with E-state index in [0.29, 0.717) is 13.1 Å². The van der Waals surface area contributed by atoms with Gasteiger partial charge in [0, 0.05) is 18.5 Å². The topological polar surface area (TPSA) is 71.3 Å². The number of hydrogen-bond donors (Lipinski definition) is 1. The molecule has 1 aliphatic heterocycles. The number of piperidine rings is 1. The van der Waals surface area contributed by atoms with Crippen molar-refractivity contribution >= 4 is 28.5 Å². The van der Waals surface area contributed by atoms with Gasteiger partial charge in [0.05, 0.1) is 23.2 Å². The highest BCUT2D eigenvalue weighted by Gasteiger charge is 2.28. The first kappa shape index (κ1) is 17.0. The van der Waals surface area contributed by atoms with E-state index in [4.69, 9.17) is 4.42 Å². The molecule has 0 bridgehead atoms. The Labute approximate surface area is 156 Å². The average Bonchev–Trinajstić information content (AvgIpc) is 3.32. The van der Waals surface area contributed by atoms with Gasteiger partial charge in [0.2, 0.25) is 0 Å². The molecule has 0 spiro atoms. The quantitative estimate of drug-likeness (QED) is 0.755. The van der Waals surface area contributed by atoms with E-state index in [1.807, 2.05) is 34.5 Å².